The smallest absolute Gasteiger partial charge is 0.261 e. The molecule has 0 bridgehead atoms. The van der Waals surface area contributed by atoms with Gasteiger partial charge < -0.3 is 0 Å². The molecule has 0 spiro atoms. The number of rotatable bonds is 6. The molecule has 2 amide bonds. The van der Waals surface area contributed by atoms with E-state index in [0.29, 0.717) is 29.5 Å². The van der Waals surface area contributed by atoms with Crippen LogP contribution in [-0.2, 0) is 0 Å². The van der Waals surface area contributed by atoms with Gasteiger partial charge in [-0.1, -0.05) is 72.6 Å². The molecule has 2 unspecified atom stereocenters. The Morgan fingerprint density at radius 1 is 0.844 bits per heavy atom. The zero-order chi connectivity index (χ0) is 22.4. The van der Waals surface area contributed by atoms with Gasteiger partial charge in [-0.2, -0.15) is 0 Å². The second-order valence-electron chi connectivity index (χ2n) is 9.00. The quantitative estimate of drug-likeness (QED) is 0.273. The molecule has 3 nitrogen and oxygen atoms in total. The Morgan fingerprint density at radius 3 is 2.16 bits per heavy atom. The molecule has 162 valence electrons. The van der Waals surface area contributed by atoms with Crippen molar-refractivity contribution in [2.24, 2.45) is 0 Å². The van der Waals surface area contributed by atoms with Gasteiger partial charge in [-0.15, -0.1) is 0 Å². The molecular formula is C28H26BrNO2. The van der Waals surface area contributed by atoms with Gasteiger partial charge in [0.15, 0.2) is 0 Å². The number of halogens is 1. The molecule has 0 saturated heterocycles. The van der Waals surface area contributed by atoms with Crippen molar-refractivity contribution in [2.75, 3.05) is 6.54 Å². The van der Waals surface area contributed by atoms with Crippen molar-refractivity contribution in [1.82, 2.24) is 4.90 Å². The molecular weight excluding hydrogens is 462 g/mol. The van der Waals surface area contributed by atoms with E-state index in [9.17, 15) is 9.59 Å². The molecule has 0 radical (unpaired) electrons. The Morgan fingerprint density at radius 2 is 1.47 bits per heavy atom. The topological polar surface area (TPSA) is 37.4 Å². The lowest BCUT2D eigenvalue weighted by molar-refractivity contribution is 0.0651. The first-order valence-electron chi connectivity index (χ1n) is 11.3. The number of hydrogen-bond acceptors (Lipinski definition) is 2. The summed E-state index contributed by atoms with van der Waals surface area (Å²) in [6, 6.07) is 20.6. The summed E-state index contributed by atoms with van der Waals surface area (Å²) in [6.45, 7) is 5.05. The van der Waals surface area contributed by atoms with Gasteiger partial charge in [-0.3, -0.25) is 14.5 Å². The Labute approximate surface area is 197 Å². The highest BCUT2D eigenvalue weighted by Gasteiger charge is 2.34. The number of nitrogens with zero attached hydrogens (tertiary/aromatic N) is 1. The van der Waals surface area contributed by atoms with E-state index < -0.39 is 0 Å². The highest BCUT2D eigenvalue weighted by atomic mass is 79.9. The number of fused-ring (bicyclic) bond motifs is 4. The predicted molar refractivity (Wildman–Crippen MR) is 131 cm³/mol. The van der Waals surface area contributed by atoms with Gasteiger partial charge in [-0.25, -0.2) is 0 Å². The molecule has 0 aromatic heterocycles. The lowest BCUT2D eigenvalue weighted by Gasteiger charge is -2.17. The summed E-state index contributed by atoms with van der Waals surface area (Å²) in [6.07, 6.45) is 2.85. The minimum absolute atomic E-state index is 0.155. The van der Waals surface area contributed by atoms with Crippen LogP contribution in [0.15, 0.2) is 65.1 Å². The molecule has 3 aromatic rings. The second-order valence-corrected chi connectivity index (χ2v) is 9.92. The molecule has 2 atom stereocenters. The molecule has 5 rings (SSSR count). The van der Waals surface area contributed by atoms with Crippen LogP contribution in [0.3, 0.4) is 0 Å². The Balaban J connectivity index is 1.20. The standard InChI is InChI=1S/C28H26BrNO2/c1-17(7-5-6-14-30-27(31)23-8-3-4-9-24(23)28(30)32)19-10-12-21-22-13-11-20(29)16-26(22)18(2)25(21)15-19/h3-4,8-13,15-18H,5-7,14H2,1-2H3. The number of imide groups is 1. The summed E-state index contributed by atoms with van der Waals surface area (Å²) in [4.78, 5) is 26.4. The molecule has 0 fully saturated rings. The van der Waals surface area contributed by atoms with E-state index in [0.717, 1.165) is 23.7 Å². The number of carbonyl (C=O) groups is 2. The molecule has 0 saturated carbocycles. The number of hydrogen-bond donors (Lipinski definition) is 0. The van der Waals surface area contributed by atoms with Gasteiger partial charge in [0, 0.05) is 16.9 Å². The average molecular weight is 488 g/mol. The Hall–Kier alpha value is -2.72. The Kier molecular flexibility index (Phi) is 5.50. The van der Waals surface area contributed by atoms with Gasteiger partial charge in [0.05, 0.1) is 11.1 Å². The molecule has 32 heavy (non-hydrogen) atoms. The van der Waals surface area contributed by atoms with E-state index in [1.807, 2.05) is 12.1 Å². The SMILES string of the molecule is CC(CCCCN1C(=O)c2ccccc2C1=O)c1ccc2c(c1)C(C)c1cc(Br)ccc1-2. The van der Waals surface area contributed by atoms with E-state index in [2.05, 4.69) is 66.2 Å². The van der Waals surface area contributed by atoms with Gasteiger partial charge in [0.2, 0.25) is 0 Å². The van der Waals surface area contributed by atoms with E-state index in [1.54, 1.807) is 12.1 Å². The lowest BCUT2D eigenvalue weighted by atomic mass is 9.90. The summed E-state index contributed by atoms with van der Waals surface area (Å²) in [5.41, 5.74) is 7.92. The monoisotopic (exact) mass is 487 g/mol. The van der Waals surface area contributed by atoms with Crippen LogP contribution in [0.4, 0.5) is 0 Å². The largest absolute Gasteiger partial charge is 0.274 e. The van der Waals surface area contributed by atoms with Crippen molar-refractivity contribution in [1.29, 1.82) is 0 Å². The summed E-state index contributed by atoms with van der Waals surface area (Å²) in [5, 5.41) is 0. The number of amides is 2. The maximum absolute atomic E-state index is 12.5. The molecule has 1 aliphatic heterocycles. The third-order valence-electron chi connectivity index (χ3n) is 7.03. The Bertz CT molecular complexity index is 1200. The maximum atomic E-state index is 12.5. The first-order valence-corrected chi connectivity index (χ1v) is 12.1. The van der Waals surface area contributed by atoms with Gasteiger partial charge in [-0.05, 0) is 70.8 Å². The van der Waals surface area contributed by atoms with E-state index in [4.69, 9.17) is 0 Å². The van der Waals surface area contributed by atoms with Crippen LogP contribution in [0, 0.1) is 0 Å². The molecule has 2 aliphatic rings. The van der Waals surface area contributed by atoms with Crippen LogP contribution in [-0.4, -0.2) is 23.3 Å². The first-order chi connectivity index (χ1) is 15.5. The van der Waals surface area contributed by atoms with Crippen molar-refractivity contribution < 1.29 is 9.59 Å². The minimum atomic E-state index is -0.155. The van der Waals surface area contributed by atoms with Crippen molar-refractivity contribution in [3.63, 3.8) is 0 Å². The third kappa shape index (κ3) is 3.51. The van der Waals surface area contributed by atoms with Crippen molar-refractivity contribution in [2.45, 2.75) is 44.9 Å². The van der Waals surface area contributed by atoms with E-state index in [-0.39, 0.29) is 11.8 Å². The predicted octanol–water partition coefficient (Wildman–Crippen LogP) is 7.15. The fraction of sp³-hybridized carbons (Fsp3) is 0.286. The van der Waals surface area contributed by atoms with Crippen LogP contribution in [0.25, 0.3) is 11.1 Å². The highest BCUT2D eigenvalue weighted by molar-refractivity contribution is 9.10. The fourth-order valence-electron chi connectivity index (χ4n) is 5.13. The zero-order valence-corrected chi connectivity index (χ0v) is 20.0. The van der Waals surface area contributed by atoms with Crippen LogP contribution < -0.4 is 0 Å². The van der Waals surface area contributed by atoms with E-state index in [1.165, 1.54) is 32.7 Å². The summed E-state index contributed by atoms with van der Waals surface area (Å²) in [5.74, 6) is 0.526. The van der Waals surface area contributed by atoms with Crippen LogP contribution >= 0.6 is 15.9 Å². The third-order valence-corrected chi connectivity index (χ3v) is 7.52. The number of benzene rings is 3. The lowest BCUT2D eigenvalue weighted by Crippen LogP contribution is -2.30. The summed E-state index contributed by atoms with van der Waals surface area (Å²) in [7, 11) is 0. The molecule has 1 aliphatic carbocycles. The zero-order valence-electron chi connectivity index (χ0n) is 18.4. The van der Waals surface area contributed by atoms with Crippen molar-refractivity contribution in [3.8, 4) is 11.1 Å². The fourth-order valence-corrected chi connectivity index (χ4v) is 5.50. The van der Waals surface area contributed by atoms with Gasteiger partial charge in [0.1, 0.15) is 0 Å². The minimum Gasteiger partial charge on any atom is -0.274 e. The maximum Gasteiger partial charge on any atom is 0.261 e. The molecule has 4 heteroatoms. The molecule has 0 N–H and O–H groups in total. The van der Waals surface area contributed by atoms with Gasteiger partial charge in [0.25, 0.3) is 11.8 Å². The first kappa shape index (κ1) is 21.1. The van der Waals surface area contributed by atoms with Crippen LogP contribution in [0.2, 0.25) is 0 Å². The second kappa shape index (κ2) is 8.32. The number of unbranched alkanes of at least 4 members (excludes halogenated alkanes) is 1. The average Bonchev–Trinajstić information content (AvgIpc) is 3.22. The normalized spacial score (nSPS) is 17.3. The summed E-state index contributed by atoms with van der Waals surface area (Å²) < 4.78 is 1.13. The molecule has 3 aromatic carbocycles. The molecule has 1 heterocycles. The van der Waals surface area contributed by atoms with E-state index >= 15 is 0 Å². The van der Waals surface area contributed by atoms with Crippen LogP contribution in [0.5, 0.6) is 0 Å². The van der Waals surface area contributed by atoms with Gasteiger partial charge >= 0.3 is 0 Å². The van der Waals surface area contributed by atoms with Crippen molar-refractivity contribution in [3.05, 3.63) is 93.0 Å². The van der Waals surface area contributed by atoms with Crippen molar-refractivity contribution >= 4 is 27.7 Å². The number of carbonyl (C=O) groups excluding carboxylic acids is 2. The van der Waals surface area contributed by atoms with Crippen LogP contribution in [0.1, 0.15) is 82.4 Å². The highest BCUT2D eigenvalue weighted by Crippen LogP contribution is 2.46. The summed E-state index contributed by atoms with van der Waals surface area (Å²) >= 11 is 3.60.